The number of rotatable bonds is 5. The fourth-order valence-corrected chi connectivity index (χ4v) is 2.18. The summed E-state index contributed by atoms with van der Waals surface area (Å²) < 4.78 is 22.6. The molecule has 0 aliphatic heterocycles. The summed E-state index contributed by atoms with van der Waals surface area (Å²) in [5, 5.41) is 11.6. The summed E-state index contributed by atoms with van der Waals surface area (Å²) in [7, 11) is -1.98. The van der Waals surface area contributed by atoms with Crippen LogP contribution in [0.4, 0.5) is 0 Å². The van der Waals surface area contributed by atoms with Crippen LogP contribution in [0, 0.1) is 5.92 Å². The molecule has 1 atom stereocenters. The first-order valence-corrected chi connectivity index (χ1v) is 8.37. The minimum absolute atomic E-state index is 0.111. The van der Waals surface area contributed by atoms with E-state index in [0.717, 1.165) is 5.56 Å². The third-order valence-electron chi connectivity index (χ3n) is 3.27. The molecule has 1 rings (SSSR count). The number of nitrogens with one attached hydrogen (secondary N) is 2. The van der Waals surface area contributed by atoms with Gasteiger partial charge in [0.05, 0.1) is 4.90 Å². The Morgan fingerprint density at radius 1 is 1.33 bits per heavy atom. The zero-order chi connectivity index (χ0) is 16.0. The molecule has 7 heteroatoms. The molecule has 0 aliphatic carbocycles. The Morgan fingerprint density at radius 2 is 2.00 bits per heavy atom. The van der Waals surface area contributed by atoms with Gasteiger partial charge in [0.1, 0.15) is 0 Å². The fourth-order valence-electron chi connectivity index (χ4n) is 1.60. The Morgan fingerprint density at radius 3 is 2.52 bits per heavy atom. The van der Waals surface area contributed by atoms with Crippen LogP contribution in [0.25, 0.3) is 0 Å². The van der Waals surface area contributed by atoms with Crippen molar-refractivity contribution in [1.82, 2.24) is 10.6 Å². The minimum Gasteiger partial charge on any atom is -0.354 e. The van der Waals surface area contributed by atoms with Crippen molar-refractivity contribution in [3.05, 3.63) is 29.8 Å². The van der Waals surface area contributed by atoms with Gasteiger partial charge in [-0.15, -0.1) is 0 Å². The van der Waals surface area contributed by atoms with Crippen molar-refractivity contribution in [2.24, 2.45) is 16.0 Å². The highest BCUT2D eigenvalue weighted by molar-refractivity contribution is 7.89. The van der Waals surface area contributed by atoms with Crippen LogP contribution in [0.5, 0.6) is 0 Å². The second-order valence-electron chi connectivity index (χ2n) is 5.30. The van der Waals surface area contributed by atoms with Crippen molar-refractivity contribution >= 4 is 16.0 Å². The van der Waals surface area contributed by atoms with Crippen molar-refractivity contribution in [2.75, 3.05) is 7.05 Å². The number of sulfonamides is 1. The number of aliphatic imine (C=N–C) groups is 1. The van der Waals surface area contributed by atoms with Crippen LogP contribution in [0.1, 0.15) is 26.3 Å². The topological polar surface area (TPSA) is 96.6 Å². The molecule has 0 aromatic heterocycles. The van der Waals surface area contributed by atoms with Crippen molar-refractivity contribution in [1.29, 1.82) is 0 Å². The van der Waals surface area contributed by atoms with Crippen molar-refractivity contribution < 1.29 is 8.42 Å². The molecule has 4 N–H and O–H groups in total. The van der Waals surface area contributed by atoms with Crippen LogP contribution >= 0.6 is 0 Å². The van der Waals surface area contributed by atoms with Gasteiger partial charge in [0.2, 0.25) is 10.0 Å². The van der Waals surface area contributed by atoms with E-state index in [-0.39, 0.29) is 10.9 Å². The fraction of sp³-hybridized carbons (Fsp3) is 0.500. The van der Waals surface area contributed by atoms with Gasteiger partial charge >= 0.3 is 0 Å². The summed E-state index contributed by atoms with van der Waals surface area (Å²) in [6.07, 6.45) is 0. The molecule has 0 bridgehead atoms. The molecule has 6 nitrogen and oxygen atoms in total. The molecule has 21 heavy (non-hydrogen) atoms. The number of guanidine groups is 1. The predicted octanol–water partition coefficient (Wildman–Crippen LogP) is 1.04. The summed E-state index contributed by atoms with van der Waals surface area (Å²) >= 11 is 0. The maximum atomic E-state index is 11.3. The molecule has 118 valence electrons. The standard InChI is InChI=1S/C14H24N4O2S/c1-10(2)11(3)18-14(16-4)17-9-12-6-5-7-13(8-12)21(15,19)20/h5-8,10-11H,9H2,1-4H3,(H2,15,19,20)(H2,16,17,18). The van der Waals surface area contributed by atoms with Crippen LogP contribution in [0.3, 0.4) is 0 Å². The smallest absolute Gasteiger partial charge is 0.238 e. The molecular formula is C14H24N4O2S. The first-order valence-electron chi connectivity index (χ1n) is 6.83. The van der Waals surface area contributed by atoms with Crippen LogP contribution in [-0.2, 0) is 16.6 Å². The van der Waals surface area contributed by atoms with E-state index in [1.807, 2.05) is 6.07 Å². The van der Waals surface area contributed by atoms with E-state index >= 15 is 0 Å². The average Bonchev–Trinajstić information content (AvgIpc) is 2.42. The van der Waals surface area contributed by atoms with E-state index < -0.39 is 10.0 Å². The summed E-state index contributed by atoms with van der Waals surface area (Å²) in [6, 6.07) is 6.82. The number of nitrogens with two attached hydrogens (primary N) is 1. The van der Waals surface area contributed by atoms with Gasteiger partial charge in [-0.1, -0.05) is 26.0 Å². The number of nitrogens with zero attached hydrogens (tertiary/aromatic N) is 1. The summed E-state index contributed by atoms with van der Waals surface area (Å²) in [6.45, 7) is 6.80. The predicted molar refractivity (Wildman–Crippen MR) is 85.4 cm³/mol. The van der Waals surface area contributed by atoms with Crippen molar-refractivity contribution in [2.45, 2.75) is 38.3 Å². The zero-order valence-electron chi connectivity index (χ0n) is 12.9. The first kappa shape index (κ1) is 17.5. The summed E-state index contributed by atoms with van der Waals surface area (Å²) in [4.78, 5) is 4.26. The van der Waals surface area contributed by atoms with E-state index in [1.54, 1.807) is 19.2 Å². The Hall–Kier alpha value is -1.60. The lowest BCUT2D eigenvalue weighted by Crippen LogP contribution is -2.43. The molecule has 0 radical (unpaired) electrons. The molecule has 0 amide bonds. The van der Waals surface area contributed by atoms with E-state index in [1.165, 1.54) is 6.07 Å². The quantitative estimate of drug-likeness (QED) is 0.559. The van der Waals surface area contributed by atoms with Gasteiger partial charge in [0, 0.05) is 19.6 Å². The van der Waals surface area contributed by atoms with E-state index in [4.69, 9.17) is 5.14 Å². The molecule has 0 saturated heterocycles. The highest BCUT2D eigenvalue weighted by Gasteiger charge is 2.10. The first-order chi connectivity index (χ1) is 9.74. The van der Waals surface area contributed by atoms with Crippen LogP contribution in [-0.4, -0.2) is 27.5 Å². The maximum Gasteiger partial charge on any atom is 0.238 e. The largest absolute Gasteiger partial charge is 0.354 e. The molecular weight excluding hydrogens is 288 g/mol. The van der Waals surface area contributed by atoms with Crippen LogP contribution in [0.15, 0.2) is 34.2 Å². The lowest BCUT2D eigenvalue weighted by atomic mass is 10.1. The van der Waals surface area contributed by atoms with Gasteiger partial charge in [-0.3, -0.25) is 4.99 Å². The second-order valence-corrected chi connectivity index (χ2v) is 6.86. The Kier molecular flexibility index (Phi) is 6.17. The minimum atomic E-state index is -3.67. The van der Waals surface area contributed by atoms with Gasteiger partial charge in [-0.05, 0) is 30.5 Å². The van der Waals surface area contributed by atoms with Gasteiger partial charge in [-0.25, -0.2) is 13.6 Å². The molecule has 0 saturated carbocycles. The maximum absolute atomic E-state index is 11.3. The molecule has 0 aliphatic rings. The summed E-state index contributed by atoms with van der Waals surface area (Å²) in [5.41, 5.74) is 0.821. The normalized spacial score (nSPS) is 14.1. The molecule has 0 heterocycles. The highest BCUT2D eigenvalue weighted by atomic mass is 32.2. The van der Waals surface area contributed by atoms with Crippen LogP contribution in [0.2, 0.25) is 0 Å². The van der Waals surface area contributed by atoms with Gasteiger partial charge < -0.3 is 10.6 Å². The Labute approximate surface area is 126 Å². The third kappa shape index (κ3) is 5.73. The van der Waals surface area contributed by atoms with E-state index in [2.05, 4.69) is 36.4 Å². The monoisotopic (exact) mass is 312 g/mol. The van der Waals surface area contributed by atoms with Gasteiger partial charge in [0.25, 0.3) is 0 Å². The van der Waals surface area contributed by atoms with Crippen LogP contribution < -0.4 is 15.8 Å². The van der Waals surface area contributed by atoms with E-state index in [9.17, 15) is 8.42 Å². The second kappa shape index (κ2) is 7.42. The molecule has 1 aromatic rings. The lowest BCUT2D eigenvalue weighted by Gasteiger charge is -2.20. The number of primary sulfonamides is 1. The molecule has 0 fully saturated rings. The van der Waals surface area contributed by atoms with Crippen molar-refractivity contribution in [3.63, 3.8) is 0 Å². The summed E-state index contributed by atoms with van der Waals surface area (Å²) in [5.74, 6) is 1.16. The molecule has 1 unspecified atom stereocenters. The number of hydrogen-bond acceptors (Lipinski definition) is 3. The third-order valence-corrected chi connectivity index (χ3v) is 4.19. The zero-order valence-corrected chi connectivity index (χ0v) is 13.7. The van der Waals surface area contributed by atoms with Crippen molar-refractivity contribution in [3.8, 4) is 0 Å². The number of benzene rings is 1. The van der Waals surface area contributed by atoms with Gasteiger partial charge in [-0.2, -0.15) is 0 Å². The average molecular weight is 312 g/mol. The van der Waals surface area contributed by atoms with E-state index in [0.29, 0.717) is 18.4 Å². The highest BCUT2D eigenvalue weighted by Crippen LogP contribution is 2.09. The molecule has 0 spiro atoms. The number of hydrogen-bond donors (Lipinski definition) is 3. The Bertz CT molecular complexity index is 597. The molecule has 1 aromatic carbocycles. The lowest BCUT2D eigenvalue weighted by molar-refractivity contribution is 0.481. The SMILES string of the molecule is CN=C(NCc1cccc(S(N)(=O)=O)c1)NC(C)C(C)C. The van der Waals surface area contributed by atoms with Gasteiger partial charge in [0.15, 0.2) is 5.96 Å². The Balaban J connectivity index is 2.70.